The largest absolute Gasteiger partial charge is 0.350 e. The van der Waals surface area contributed by atoms with Gasteiger partial charge in [0.05, 0.1) is 10.8 Å². The van der Waals surface area contributed by atoms with Crippen LogP contribution in [0, 0.1) is 0 Å². The number of hydrogen-bond acceptors (Lipinski definition) is 4. The molecule has 2 aromatic rings. The highest BCUT2D eigenvalue weighted by Crippen LogP contribution is 2.13. The summed E-state index contributed by atoms with van der Waals surface area (Å²) in [5, 5.41) is 2.62. The summed E-state index contributed by atoms with van der Waals surface area (Å²) in [6, 6.07) is 3.43. The van der Waals surface area contributed by atoms with Crippen molar-refractivity contribution in [2.45, 2.75) is 5.25 Å². The Bertz CT molecular complexity index is 471. The molecule has 1 atom stereocenters. The standard InChI is InChI=1S/C11H12N4OS/c16-11(8-2-1-3-12-6-8)15-7-9(17)10-13-4-5-14-10/h1-6,9,17H,7H2,(H,13,14)(H,15,16). The second-order valence-corrected chi connectivity index (χ2v) is 4.07. The topological polar surface area (TPSA) is 70.7 Å². The highest BCUT2D eigenvalue weighted by molar-refractivity contribution is 7.80. The Balaban J connectivity index is 1.89. The summed E-state index contributed by atoms with van der Waals surface area (Å²) < 4.78 is 0. The van der Waals surface area contributed by atoms with Crippen molar-refractivity contribution in [1.29, 1.82) is 0 Å². The molecule has 2 heterocycles. The third kappa shape index (κ3) is 3.07. The Labute approximate surface area is 104 Å². The smallest absolute Gasteiger partial charge is 0.252 e. The van der Waals surface area contributed by atoms with E-state index in [1.807, 2.05) is 0 Å². The van der Waals surface area contributed by atoms with Gasteiger partial charge in [0.15, 0.2) is 0 Å². The second kappa shape index (κ2) is 5.49. The number of rotatable bonds is 4. The van der Waals surface area contributed by atoms with Crippen LogP contribution in [0.4, 0.5) is 0 Å². The van der Waals surface area contributed by atoms with E-state index in [0.29, 0.717) is 12.1 Å². The third-order valence-corrected chi connectivity index (χ3v) is 2.64. The molecule has 5 nitrogen and oxygen atoms in total. The van der Waals surface area contributed by atoms with Gasteiger partial charge >= 0.3 is 0 Å². The number of aromatic amines is 1. The molecule has 0 bridgehead atoms. The third-order valence-electron chi connectivity index (χ3n) is 2.21. The van der Waals surface area contributed by atoms with Crippen LogP contribution in [0.25, 0.3) is 0 Å². The van der Waals surface area contributed by atoms with Crippen molar-refractivity contribution in [3.63, 3.8) is 0 Å². The molecule has 0 saturated heterocycles. The average molecular weight is 248 g/mol. The van der Waals surface area contributed by atoms with Crippen LogP contribution in [0.1, 0.15) is 21.4 Å². The van der Waals surface area contributed by atoms with E-state index in [1.165, 1.54) is 6.20 Å². The first kappa shape index (κ1) is 11.7. The lowest BCUT2D eigenvalue weighted by Crippen LogP contribution is -2.27. The molecular weight excluding hydrogens is 236 g/mol. The molecule has 0 fully saturated rings. The van der Waals surface area contributed by atoms with Crippen LogP contribution in [-0.4, -0.2) is 27.4 Å². The van der Waals surface area contributed by atoms with Gasteiger partial charge in [-0.1, -0.05) is 0 Å². The molecule has 0 radical (unpaired) electrons. The molecule has 0 aliphatic carbocycles. The van der Waals surface area contributed by atoms with Gasteiger partial charge in [0.2, 0.25) is 0 Å². The highest BCUT2D eigenvalue weighted by Gasteiger charge is 2.11. The molecule has 17 heavy (non-hydrogen) atoms. The molecule has 88 valence electrons. The van der Waals surface area contributed by atoms with Crippen LogP contribution in [-0.2, 0) is 0 Å². The predicted octanol–water partition coefficient (Wildman–Crippen LogP) is 1.21. The zero-order valence-electron chi connectivity index (χ0n) is 9.00. The number of aromatic nitrogens is 3. The minimum absolute atomic E-state index is 0.148. The van der Waals surface area contributed by atoms with Crippen LogP contribution >= 0.6 is 12.6 Å². The number of thiol groups is 1. The van der Waals surface area contributed by atoms with Gasteiger partial charge in [0, 0.05) is 31.3 Å². The first-order valence-electron chi connectivity index (χ1n) is 5.13. The number of pyridine rings is 1. The maximum absolute atomic E-state index is 11.7. The van der Waals surface area contributed by atoms with Gasteiger partial charge in [-0.15, -0.1) is 0 Å². The van der Waals surface area contributed by atoms with Gasteiger partial charge in [0.25, 0.3) is 5.91 Å². The number of H-pyrrole nitrogens is 1. The van der Waals surface area contributed by atoms with Crippen molar-refractivity contribution in [3.8, 4) is 0 Å². The van der Waals surface area contributed by atoms with E-state index in [1.54, 1.807) is 30.7 Å². The Morgan fingerprint density at radius 3 is 3.06 bits per heavy atom. The summed E-state index contributed by atoms with van der Waals surface area (Å²) in [4.78, 5) is 22.6. The van der Waals surface area contributed by atoms with Crippen molar-refractivity contribution >= 4 is 18.5 Å². The molecule has 1 amide bonds. The second-order valence-electron chi connectivity index (χ2n) is 3.44. The van der Waals surface area contributed by atoms with Crippen LogP contribution in [0.3, 0.4) is 0 Å². The van der Waals surface area contributed by atoms with E-state index in [4.69, 9.17) is 0 Å². The predicted molar refractivity (Wildman–Crippen MR) is 66.9 cm³/mol. The molecule has 6 heteroatoms. The molecule has 0 saturated carbocycles. The Morgan fingerprint density at radius 1 is 1.53 bits per heavy atom. The monoisotopic (exact) mass is 248 g/mol. The molecule has 0 spiro atoms. The molecule has 0 aliphatic rings. The normalized spacial score (nSPS) is 12.1. The van der Waals surface area contributed by atoms with Crippen LogP contribution in [0.5, 0.6) is 0 Å². The minimum atomic E-state index is -0.163. The van der Waals surface area contributed by atoms with Gasteiger partial charge < -0.3 is 10.3 Å². The Morgan fingerprint density at radius 2 is 2.41 bits per heavy atom. The molecule has 2 aromatic heterocycles. The van der Waals surface area contributed by atoms with Crippen LogP contribution in [0.15, 0.2) is 36.9 Å². The van der Waals surface area contributed by atoms with Crippen molar-refractivity contribution in [2.75, 3.05) is 6.54 Å². The lowest BCUT2D eigenvalue weighted by atomic mass is 10.2. The SMILES string of the molecule is O=C(NCC(S)c1ncc[nH]1)c1cccnc1. The van der Waals surface area contributed by atoms with Crippen LogP contribution in [0.2, 0.25) is 0 Å². The van der Waals surface area contributed by atoms with E-state index in [0.717, 1.165) is 5.82 Å². The number of amides is 1. The van der Waals surface area contributed by atoms with E-state index in [9.17, 15) is 4.79 Å². The number of nitrogens with one attached hydrogen (secondary N) is 2. The van der Waals surface area contributed by atoms with Crippen molar-refractivity contribution in [3.05, 3.63) is 48.3 Å². The van der Waals surface area contributed by atoms with Crippen molar-refractivity contribution < 1.29 is 4.79 Å². The van der Waals surface area contributed by atoms with Crippen molar-refractivity contribution in [2.24, 2.45) is 0 Å². The summed E-state index contributed by atoms with van der Waals surface area (Å²) in [5.41, 5.74) is 0.535. The van der Waals surface area contributed by atoms with Gasteiger partial charge in [0.1, 0.15) is 5.82 Å². The van der Waals surface area contributed by atoms with Gasteiger partial charge in [-0.3, -0.25) is 9.78 Å². The number of carbonyl (C=O) groups is 1. The first-order chi connectivity index (χ1) is 8.27. The number of hydrogen-bond donors (Lipinski definition) is 3. The first-order valence-corrected chi connectivity index (χ1v) is 5.64. The number of imidazole rings is 1. The van der Waals surface area contributed by atoms with Gasteiger partial charge in [-0.25, -0.2) is 4.98 Å². The zero-order chi connectivity index (χ0) is 12.1. The quantitative estimate of drug-likeness (QED) is 0.712. The molecule has 2 N–H and O–H groups in total. The summed E-state index contributed by atoms with van der Waals surface area (Å²) in [5.74, 6) is 0.573. The lowest BCUT2D eigenvalue weighted by Gasteiger charge is -2.09. The lowest BCUT2D eigenvalue weighted by molar-refractivity contribution is 0.0953. The van der Waals surface area contributed by atoms with E-state index >= 15 is 0 Å². The maximum Gasteiger partial charge on any atom is 0.252 e. The fraction of sp³-hybridized carbons (Fsp3) is 0.182. The van der Waals surface area contributed by atoms with E-state index in [-0.39, 0.29) is 11.2 Å². The van der Waals surface area contributed by atoms with Gasteiger partial charge in [-0.05, 0) is 12.1 Å². The fourth-order valence-corrected chi connectivity index (χ4v) is 1.58. The van der Waals surface area contributed by atoms with E-state index in [2.05, 4.69) is 32.9 Å². The molecule has 0 aliphatic heterocycles. The molecule has 2 rings (SSSR count). The number of nitrogens with zero attached hydrogens (tertiary/aromatic N) is 2. The summed E-state index contributed by atoms with van der Waals surface area (Å²) in [7, 11) is 0. The highest BCUT2D eigenvalue weighted by atomic mass is 32.1. The Hall–Kier alpha value is -1.82. The minimum Gasteiger partial charge on any atom is -0.350 e. The van der Waals surface area contributed by atoms with E-state index < -0.39 is 0 Å². The zero-order valence-corrected chi connectivity index (χ0v) is 9.89. The summed E-state index contributed by atoms with van der Waals surface area (Å²) in [6.45, 7) is 0.407. The molecule has 0 aromatic carbocycles. The summed E-state index contributed by atoms with van der Waals surface area (Å²) >= 11 is 4.35. The molecule has 1 unspecified atom stereocenters. The van der Waals surface area contributed by atoms with Crippen molar-refractivity contribution in [1.82, 2.24) is 20.3 Å². The number of carbonyl (C=O) groups excluding carboxylic acids is 1. The van der Waals surface area contributed by atoms with Crippen LogP contribution < -0.4 is 5.32 Å². The van der Waals surface area contributed by atoms with Gasteiger partial charge in [-0.2, -0.15) is 12.6 Å². The fourth-order valence-electron chi connectivity index (χ4n) is 1.34. The summed E-state index contributed by atoms with van der Waals surface area (Å²) in [6.07, 6.45) is 6.53. The maximum atomic E-state index is 11.7. The Kier molecular flexibility index (Phi) is 3.77. The molecular formula is C11H12N4OS. The average Bonchev–Trinajstić information content (AvgIpc) is 2.90.